The number of amides is 1. The molecule has 0 aromatic rings. The van der Waals surface area contributed by atoms with Gasteiger partial charge in [-0.1, -0.05) is 6.92 Å². The average molecular weight is 344 g/mol. The third kappa shape index (κ3) is 5.67. The van der Waals surface area contributed by atoms with E-state index in [1.165, 1.54) is 12.8 Å². The van der Waals surface area contributed by atoms with Crippen LogP contribution in [-0.2, 0) is 14.6 Å². The molecule has 0 bridgehead atoms. The molecule has 0 saturated carbocycles. The predicted molar refractivity (Wildman–Crippen MR) is 91.2 cm³/mol. The number of hydrogen-bond acceptors (Lipinski definition) is 4. The number of hydrogen-bond donors (Lipinski definition) is 2. The molecule has 0 aromatic carbocycles. The maximum Gasteiger partial charge on any atom is 0.222 e. The first-order valence-corrected chi connectivity index (χ1v) is 10.2. The second kappa shape index (κ2) is 7.99. The van der Waals surface area contributed by atoms with Crippen molar-refractivity contribution in [2.75, 3.05) is 38.2 Å². The van der Waals surface area contributed by atoms with E-state index in [2.05, 4.69) is 27.4 Å². The maximum absolute atomic E-state index is 11.9. The van der Waals surface area contributed by atoms with E-state index in [-0.39, 0.29) is 23.5 Å². The predicted octanol–water partition coefficient (Wildman–Crippen LogP) is -0.0129. The summed E-state index contributed by atoms with van der Waals surface area (Å²) in [5, 5.41) is 6.03. The minimum Gasteiger partial charge on any atom is -0.356 e. The van der Waals surface area contributed by atoms with Crippen LogP contribution in [0, 0.1) is 5.92 Å². The van der Waals surface area contributed by atoms with Crippen LogP contribution in [0.1, 0.15) is 32.6 Å². The largest absolute Gasteiger partial charge is 0.356 e. The zero-order chi connectivity index (χ0) is 16.9. The minimum atomic E-state index is -2.95. The molecule has 2 atom stereocenters. The molecule has 2 saturated heterocycles. The SMILES string of the molecule is CN=C(NCCC(=O)NC1CCS(=O)(=O)C1)N1CCCC(C)C1. The molecule has 7 nitrogen and oxygen atoms in total. The van der Waals surface area contributed by atoms with Crippen molar-refractivity contribution >= 4 is 21.7 Å². The van der Waals surface area contributed by atoms with E-state index in [4.69, 9.17) is 0 Å². The van der Waals surface area contributed by atoms with Gasteiger partial charge in [0.25, 0.3) is 0 Å². The molecule has 0 spiro atoms. The van der Waals surface area contributed by atoms with Gasteiger partial charge in [-0.15, -0.1) is 0 Å². The fourth-order valence-corrected chi connectivity index (χ4v) is 4.88. The van der Waals surface area contributed by atoms with Gasteiger partial charge in [-0.3, -0.25) is 9.79 Å². The summed E-state index contributed by atoms with van der Waals surface area (Å²) in [5.41, 5.74) is 0. The van der Waals surface area contributed by atoms with Gasteiger partial charge >= 0.3 is 0 Å². The van der Waals surface area contributed by atoms with Crippen molar-refractivity contribution < 1.29 is 13.2 Å². The van der Waals surface area contributed by atoms with Crippen LogP contribution in [0.25, 0.3) is 0 Å². The summed E-state index contributed by atoms with van der Waals surface area (Å²) >= 11 is 0. The first kappa shape index (κ1) is 18.0. The van der Waals surface area contributed by atoms with Crippen LogP contribution in [0.3, 0.4) is 0 Å². The van der Waals surface area contributed by atoms with E-state index >= 15 is 0 Å². The first-order chi connectivity index (χ1) is 10.9. The number of likely N-dealkylation sites (tertiary alicyclic amines) is 1. The van der Waals surface area contributed by atoms with Gasteiger partial charge < -0.3 is 15.5 Å². The van der Waals surface area contributed by atoms with Crippen LogP contribution >= 0.6 is 0 Å². The molecule has 2 heterocycles. The lowest BCUT2D eigenvalue weighted by Crippen LogP contribution is -2.47. The average Bonchev–Trinajstić information content (AvgIpc) is 2.82. The van der Waals surface area contributed by atoms with E-state index in [0.717, 1.165) is 19.0 Å². The Balaban J connectivity index is 1.70. The third-order valence-electron chi connectivity index (χ3n) is 4.40. The maximum atomic E-state index is 11.9. The number of nitrogens with one attached hydrogen (secondary N) is 2. The fraction of sp³-hybridized carbons (Fsp3) is 0.867. The van der Waals surface area contributed by atoms with Gasteiger partial charge in [0.2, 0.25) is 5.91 Å². The van der Waals surface area contributed by atoms with Gasteiger partial charge in [0.15, 0.2) is 15.8 Å². The number of piperidine rings is 1. The molecule has 0 aromatic heterocycles. The lowest BCUT2D eigenvalue weighted by atomic mass is 10.0. The summed E-state index contributed by atoms with van der Waals surface area (Å²) in [6.07, 6.45) is 3.26. The van der Waals surface area contributed by atoms with Crippen molar-refractivity contribution in [3.63, 3.8) is 0 Å². The van der Waals surface area contributed by atoms with Crippen LogP contribution < -0.4 is 10.6 Å². The number of sulfone groups is 1. The van der Waals surface area contributed by atoms with Crippen molar-refractivity contribution in [1.29, 1.82) is 0 Å². The second-order valence-corrected chi connectivity index (χ2v) is 8.81. The Kier molecular flexibility index (Phi) is 6.26. The zero-order valence-corrected chi connectivity index (χ0v) is 14.9. The van der Waals surface area contributed by atoms with Gasteiger partial charge in [0.05, 0.1) is 11.5 Å². The monoisotopic (exact) mass is 344 g/mol. The summed E-state index contributed by atoms with van der Waals surface area (Å²) in [6.45, 7) is 4.73. The zero-order valence-electron chi connectivity index (χ0n) is 14.0. The summed E-state index contributed by atoms with van der Waals surface area (Å²) in [6, 6.07) is -0.227. The molecule has 2 fully saturated rings. The smallest absolute Gasteiger partial charge is 0.222 e. The Morgan fingerprint density at radius 1 is 1.35 bits per heavy atom. The highest BCUT2D eigenvalue weighted by atomic mass is 32.2. The molecule has 1 amide bonds. The molecule has 2 rings (SSSR count). The van der Waals surface area contributed by atoms with Gasteiger partial charge in [0.1, 0.15) is 0 Å². The molecular formula is C15H28N4O3S. The van der Waals surface area contributed by atoms with Crippen LogP contribution in [0.2, 0.25) is 0 Å². The Bertz CT molecular complexity index is 547. The van der Waals surface area contributed by atoms with Crippen molar-refractivity contribution in [1.82, 2.24) is 15.5 Å². The van der Waals surface area contributed by atoms with Gasteiger partial charge in [-0.2, -0.15) is 0 Å². The molecule has 0 radical (unpaired) electrons. The minimum absolute atomic E-state index is 0.0690. The van der Waals surface area contributed by atoms with Gasteiger partial charge in [0, 0.05) is 39.1 Å². The molecule has 2 N–H and O–H groups in total. The lowest BCUT2D eigenvalue weighted by Gasteiger charge is -2.33. The number of carbonyl (C=O) groups excluding carboxylic acids is 1. The highest BCUT2D eigenvalue weighted by Gasteiger charge is 2.28. The van der Waals surface area contributed by atoms with Crippen molar-refractivity contribution in [2.24, 2.45) is 10.9 Å². The Morgan fingerprint density at radius 3 is 2.74 bits per heavy atom. The van der Waals surface area contributed by atoms with Crippen LogP contribution in [-0.4, -0.2) is 69.4 Å². The molecule has 23 heavy (non-hydrogen) atoms. The molecule has 2 unspecified atom stereocenters. The highest BCUT2D eigenvalue weighted by molar-refractivity contribution is 7.91. The number of rotatable bonds is 4. The van der Waals surface area contributed by atoms with Crippen LogP contribution in [0.5, 0.6) is 0 Å². The summed E-state index contributed by atoms with van der Waals surface area (Å²) < 4.78 is 22.8. The van der Waals surface area contributed by atoms with Gasteiger partial charge in [-0.25, -0.2) is 8.42 Å². The molecule has 2 aliphatic heterocycles. The van der Waals surface area contributed by atoms with E-state index < -0.39 is 9.84 Å². The number of nitrogens with zero attached hydrogens (tertiary/aromatic N) is 2. The van der Waals surface area contributed by atoms with E-state index in [0.29, 0.717) is 25.3 Å². The Morgan fingerprint density at radius 2 is 2.13 bits per heavy atom. The lowest BCUT2D eigenvalue weighted by molar-refractivity contribution is -0.121. The standard InChI is InChI=1S/C15H28N4O3S/c1-12-4-3-8-19(10-12)15(16-2)17-7-5-14(20)18-13-6-9-23(21,22)11-13/h12-13H,3-11H2,1-2H3,(H,16,17)(H,18,20). The van der Waals surface area contributed by atoms with E-state index in [1.54, 1.807) is 7.05 Å². The van der Waals surface area contributed by atoms with Crippen molar-refractivity contribution in [2.45, 2.75) is 38.6 Å². The van der Waals surface area contributed by atoms with Crippen LogP contribution in [0.15, 0.2) is 4.99 Å². The van der Waals surface area contributed by atoms with Gasteiger partial charge in [-0.05, 0) is 25.2 Å². The number of guanidine groups is 1. The Labute approximate surface area is 138 Å². The normalized spacial score (nSPS) is 27.7. The molecular weight excluding hydrogens is 316 g/mol. The van der Waals surface area contributed by atoms with Crippen molar-refractivity contribution in [3.05, 3.63) is 0 Å². The quantitative estimate of drug-likeness (QED) is 0.553. The van der Waals surface area contributed by atoms with Crippen molar-refractivity contribution in [3.8, 4) is 0 Å². The topological polar surface area (TPSA) is 90.9 Å². The van der Waals surface area contributed by atoms with E-state index in [9.17, 15) is 13.2 Å². The Hall–Kier alpha value is -1.31. The summed E-state index contributed by atoms with van der Waals surface area (Å²) in [7, 11) is -1.20. The highest BCUT2D eigenvalue weighted by Crippen LogP contribution is 2.15. The second-order valence-electron chi connectivity index (χ2n) is 6.58. The van der Waals surface area contributed by atoms with E-state index in [1.807, 2.05) is 0 Å². The number of carbonyl (C=O) groups is 1. The van der Waals surface area contributed by atoms with Crippen LogP contribution in [0.4, 0.5) is 0 Å². The fourth-order valence-electron chi connectivity index (χ4n) is 3.21. The summed E-state index contributed by atoms with van der Waals surface area (Å²) in [5.74, 6) is 1.64. The molecule has 2 aliphatic rings. The summed E-state index contributed by atoms with van der Waals surface area (Å²) in [4.78, 5) is 18.4. The third-order valence-corrected chi connectivity index (χ3v) is 6.17. The molecule has 132 valence electrons. The molecule has 0 aliphatic carbocycles. The first-order valence-electron chi connectivity index (χ1n) is 8.35. The number of aliphatic imine (C=N–C) groups is 1. The molecule has 8 heteroatoms.